The third kappa shape index (κ3) is 9.30. The molecule has 17 heteroatoms. The molecule has 5 N–H and O–H groups in total. The van der Waals surface area contributed by atoms with Gasteiger partial charge in [-0.2, -0.15) is 0 Å². The van der Waals surface area contributed by atoms with Gasteiger partial charge in [0.25, 0.3) is 5.91 Å². The molecule has 3 unspecified atom stereocenters. The van der Waals surface area contributed by atoms with Crippen LogP contribution in [0.1, 0.15) is 17.3 Å². The maximum absolute atomic E-state index is 14.0. The number of halogens is 4. The highest BCUT2D eigenvalue weighted by atomic mass is 19.2. The Morgan fingerprint density at radius 2 is 1.50 bits per heavy atom. The lowest BCUT2D eigenvalue weighted by Gasteiger charge is -2.30. The van der Waals surface area contributed by atoms with Gasteiger partial charge in [0.05, 0.1) is 39.1 Å². The number of benzene rings is 1. The summed E-state index contributed by atoms with van der Waals surface area (Å²) < 4.78 is 76.0. The van der Waals surface area contributed by atoms with Crippen molar-refractivity contribution in [3.8, 4) is 0 Å². The van der Waals surface area contributed by atoms with Crippen LogP contribution in [0.25, 0.3) is 10.4 Å². The lowest BCUT2D eigenvalue weighted by Crippen LogP contribution is -2.49. The number of rotatable bonds is 18. The molecule has 0 aliphatic rings. The molecule has 0 aliphatic carbocycles. The van der Waals surface area contributed by atoms with Crippen molar-refractivity contribution in [3.05, 3.63) is 39.3 Å². The number of carbonyl (C=O) groups excluding carboxylic acids is 1. The lowest BCUT2D eigenvalue weighted by molar-refractivity contribution is -0.222. The van der Waals surface area contributed by atoms with E-state index in [2.05, 4.69) is 10.0 Å². The van der Waals surface area contributed by atoms with Gasteiger partial charge in [-0.1, -0.05) is 12.0 Å². The number of aliphatic hydroxyl groups excluding tert-OH is 4. The number of nitrogens with one attached hydrogen (secondary N) is 1. The van der Waals surface area contributed by atoms with Gasteiger partial charge in [-0.15, -0.1) is 0 Å². The zero-order valence-corrected chi connectivity index (χ0v) is 20.5. The summed E-state index contributed by atoms with van der Waals surface area (Å²) in [6, 6.07) is 0. The molecule has 0 spiro atoms. The lowest BCUT2D eigenvalue weighted by atomic mass is 9.97. The Kier molecular flexibility index (Phi) is 15.0. The minimum atomic E-state index is -2.02. The maximum atomic E-state index is 14.0. The van der Waals surface area contributed by atoms with Crippen LogP contribution in [-0.2, 0) is 18.9 Å². The molecular formula is C21H30F4N4O9. The van der Waals surface area contributed by atoms with Gasteiger partial charge in [0.2, 0.25) is 0 Å². The first-order chi connectivity index (χ1) is 18.0. The van der Waals surface area contributed by atoms with E-state index in [0.29, 0.717) is 0 Å². The number of amides is 1. The summed E-state index contributed by atoms with van der Waals surface area (Å²) in [6.45, 7) is 0.640. The minimum Gasteiger partial charge on any atom is -0.396 e. The van der Waals surface area contributed by atoms with Gasteiger partial charge in [0.1, 0.15) is 23.5 Å². The molecule has 1 rings (SSSR count). The molecule has 1 aromatic rings. The van der Waals surface area contributed by atoms with Crippen molar-refractivity contribution < 1.29 is 61.7 Å². The van der Waals surface area contributed by atoms with Crippen molar-refractivity contribution in [3.63, 3.8) is 0 Å². The molecule has 0 fully saturated rings. The summed E-state index contributed by atoms with van der Waals surface area (Å²) in [4.78, 5) is 14.0. The largest absolute Gasteiger partial charge is 0.396 e. The SMILES string of the molecule is CO[C@H](OCCOCCOCCNC(=O)c1c(F)c(F)c(N=[N+]=[N-])c(F)c1F)C(O)C(O)[C@H](O)C(C)CO. The zero-order valence-electron chi connectivity index (χ0n) is 20.5. The number of carbonyl (C=O) groups is 1. The number of hydrogen-bond acceptors (Lipinski definition) is 10. The van der Waals surface area contributed by atoms with E-state index in [1.165, 1.54) is 14.0 Å². The second kappa shape index (κ2) is 17.1. The molecule has 0 saturated carbocycles. The Bertz CT molecular complexity index is 927. The van der Waals surface area contributed by atoms with Crippen LogP contribution in [0.4, 0.5) is 23.2 Å². The fraction of sp³-hybridized carbons (Fsp3) is 0.667. The van der Waals surface area contributed by atoms with Crippen molar-refractivity contribution in [1.29, 1.82) is 0 Å². The second-order valence-electron chi connectivity index (χ2n) is 7.76. The Labute approximate surface area is 214 Å². The molecule has 1 amide bonds. The number of nitrogens with zero attached hydrogens (tertiary/aromatic N) is 3. The van der Waals surface area contributed by atoms with Gasteiger partial charge < -0.3 is 44.7 Å². The number of aliphatic hydroxyl groups is 4. The van der Waals surface area contributed by atoms with Crippen LogP contribution in [0.15, 0.2) is 5.11 Å². The summed E-state index contributed by atoms with van der Waals surface area (Å²) in [5.74, 6) is -10.2. The molecule has 38 heavy (non-hydrogen) atoms. The number of ether oxygens (including phenoxy) is 4. The first kappa shape index (κ1) is 33.4. The van der Waals surface area contributed by atoms with E-state index in [4.69, 9.17) is 29.6 Å². The molecule has 0 saturated heterocycles. The summed E-state index contributed by atoms with van der Waals surface area (Å²) in [5.41, 5.74) is 5.16. The second-order valence-corrected chi connectivity index (χ2v) is 7.76. The first-order valence-electron chi connectivity index (χ1n) is 11.2. The Balaban J connectivity index is 2.32. The van der Waals surface area contributed by atoms with E-state index in [0.717, 1.165) is 0 Å². The molecule has 216 valence electrons. The van der Waals surface area contributed by atoms with Crippen molar-refractivity contribution in [2.75, 3.05) is 53.3 Å². The van der Waals surface area contributed by atoms with E-state index in [1.807, 2.05) is 5.32 Å². The summed E-state index contributed by atoms with van der Waals surface area (Å²) >= 11 is 0. The molecule has 0 heterocycles. The summed E-state index contributed by atoms with van der Waals surface area (Å²) in [5, 5.41) is 43.5. The van der Waals surface area contributed by atoms with E-state index in [9.17, 15) is 37.7 Å². The molecule has 1 aromatic carbocycles. The molecule has 0 radical (unpaired) electrons. The van der Waals surface area contributed by atoms with E-state index in [-0.39, 0.29) is 39.6 Å². The predicted molar refractivity (Wildman–Crippen MR) is 120 cm³/mol. The normalized spacial score (nSPS) is 15.3. The monoisotopic (exact) mass is 558 g/mol. The zero-order chi connectivity index (χ0) is 28.8. The topological polar surface area (TPSA) is 196 Å². The fourth-order valence-corrected chi connectivity index (χ4v) is 2.94. The molecule has 0 aliphatic heterocycles. The Hall–Kier alpha value is -2.60. The third-order valence-corrected chi connectivity index (χ3v) is 5.11. The van der Waals surface area contributed by atoms with Gasteiger partial charge in [0, 0.05) is 31.1 Å². The number of hydrogen-bond donors (Lipinski definition) is 5. The highest BCUT2D eigenvalue weighted by molar-refractivity contribution is 5.95. The first-order valence-corrected chi connectivity index (χ1v) is 11.2. The van der Waals surface area contributed by atoms with Crippen molar-refractivity contribution in [2.45, 2.75) is 31.5 Å². The smallest absolute Gasteiger partial charge is 0.257 e. The molecule has 0 aromatic heterocycles. The standard InChI is InChI=1S/C21H30F4N4O9/c1-10(9-30)17(31)18(32)19(33)21(35-2)38-8-7-37-6-5-36-4-3-27-20(34)11-12(22)14(24)16(28-29-26)15(25)13(11)23/h10,17-19,21,30-33H,3-9H2,1-2H3,(H,27,34)/t10?,17-,18?,19?,21-/m1/s1. The fourth-order valence-electron chi connectivity index (χ4n) is 2.94. The van der Waals surface area contributed by atoms with Gasteiger partial charge in [0.15, 0.2) is 29.6 Å². The average Bonchev–Trinajstić information content (AvgIpc) is 2.91. The molecule has 5 atom stereocenters. The van der Waals surface area contributed by atoms with Crippen LogP contribution in [0.5, 0.6) is 0 Å². The van der Waals surface area contributed by atoms with Crippen LogP contribution in [0.3, 0.4) is 0 Å². The van der Waals surface area contributed by atoms with Gasteiger partial charge in [-0.3, -0.25) is 4.79 Å². The third-order valence-electron chi connectivity index (χ3n) is 5.11. The highest BCUT2D eigenvalue weighted by Crippen LogP contribution is 2.30. The predicted octanol–water partition coefficient (Wildman–Crippen LogP) is 0.648. The van der Waals surface area contributed by atoms with Gasteiger partial charge >= 0.3 is 0 Å². The number of azide groups is 1. The highest BCUT2D eigenvalue weighted by Gasteiger charge is 2.34. The van der Waals surface area contributed by atoms with Gasteiger partial charge in [-0.05, 0) is 5.53 Å². The molecule has 0 bridgehead atoms. The van der Waals surface area contributed by atoms with Crippen LogP contribution in [0, 0.1) is 29.2 Å². The minimum absolute atomic E-state index is 0.0138. The maximum Gasteiger partial charge on any atom is 0.257 e. The van der Waals surface area contributed by atoms with E-state index in [1.54, 1.807) is 0 Å². The van der Waals surface area contributed by atoms with E-state index < -0.39 is 77.6 Å². The van der Waals surface area contributed by atoms with Crippen LogP contribution in [0.2, 0.25) is 0 Å². The van der Waals surface area contributed by atoms with Crippen LogP contribution in [-0.4, -0.2) is 104 Å². The molecular weight excluding hydrogens is 528 g/mol. The van der Waals surface area contributed by atoms with Crippen LogP contribution >= 0.6 is 0 Å². The summed E-state index contributed by atoms with van der Waals surface area (Å²) in [6.07, 6.45) is -5.96. The Morgan fingerprint density at radius 1 is 0.947 bits per heavy atom. The number of methoxy groups -OCH3 is 1. The summed E-state index contributed by atoms with van der Waals surface area (Å²) in [7, 11) is 1.21. The van der Waals surface area contributed by atoms with E-state index >= 15 is 0 Å². The van der Waals surface area contributed by atoms with Crippen LogP contribution < -0.4 is 5.32 Å². The molecule has 13 nitrogen and oxygen atoms in total. The van der Waals surface area contributed by atoms with Gasteiger partial charge in [-0.25, -0.2) is 17.6 Å². The average molecular weight is 558 g/mol. The Morgan fingerprint density at radius 3 is 2.03 bits per heavy atom. The quantitative estimate of drug-likeness (QED) is 0.0327. The van der Waals surface area contributed by atoms with Crippen molar-refractivity contribution >= 4 is 11.6 Å². The van der Waals surface area contributed by atoms with Crippen molar-refractivity contribution in [2.24, 2.45) is 11.0 Å². The van der Waals surface area contributed by atoms with Crippen molar-refractivity contribution in [1.82, 2.24) is 5.32 Å².